The van der Waals surface area contributed by atoms with E-state index in [1.165, 1.54) is 24.8 Å². The molecule has 0 radical (unpaired) electrons. The minimum absolute atomic E-state index is 0.500. The summed E-state index contributed by atoms with van der Waals surface area (Å²) in [6.07, 6.45) is 5.29. The normalized spacial score (nSPS) is 15.3. The highest BCUT2D eigenvalue weighted by Gasteiger charge is 2.23. The smallest absolute Gasteiger partial charge is 0.119 e. The Hall–Kier alpha value is -1.02. The van der Waals surface area contributed by atoms with Crippen molar-refractivity contribution in [2.75, 3.05) is 13.6 Å². The first-order valence-electron chi connectivity index (χ1n) is 5.78. The number of hydrogen-bond acceptors (Lipinski definition) is 2. The predicted molar refractivity (Wildman–Crippen MR) is 62.3 cm³/mol. The van der Waals surface area contributed by atoms with Gasteiger partial charge in [-0.25, -0.2) is 0 Å². The molecule has 1 aliphatic rings. The summed E-state index contributed by atoms with van der Waals surface area (Å²) < 4.78 is 5.69. The van der Waals surface area contributed by atoms with Gasteiger partial charge in [0.15, 0.2) is 0 Å². The second-order valence-corrected chi connectivity index (χ2v) is 4.17. The predicted octanol–water partition coefficient (Wildman–Crippen LogP) is 2.38. The number of benzene rings is 1. The van der Waals surface area contributed by atoms with Crippen molar-refractivity contribution in [3.05, 3.63) is 29.8 Å². The molecule has 0 unspecified atom stereocenters. The van der Waals surface area contributed by atoms with Crippen molar-refractivity contribution in [2.45, 2.75) is 31.8 Å². The van der Waals surface area contributed by atoms with Gasteiger partial charge in [-0.15, -0.1) is 0 Å². The first-order chi connectivity index (χ1) is 7.38. The van der Waals surface area contributed by atoms with Crippen molar-refractivity contribution in [1.82, 2.24) is 5.32 Å². The van der Waals surface area contributed by atoms with Crippen molar-refractivity contribution in [1.29, 1.82) is 0 Å². The van der Waals surface area contributed by atoms with Gasteiger partial charge in [0, 0.05) is 0 Å². The van der Waals surface area contributed by atoms with Crippen molar-refractivity contribution < 1.29 is 4.74 Å². The highest BCUT2D eigenvalue weighted by Crippen LogP contribution is 2.26. The highest BCUT2D eigenvalue weighted by molar-refractivity contribution is 5.27. The Kier molecular flexibility index (Phi) is 3.62. The van der Waals surface area contributed by atoms with Gasteiger partial charge in [-0.2, -0.15) is 0 Å². The molecule has 0 atom stereocenters. The Morgan fingerprint density at radius 3 is 2.60 bits per heavy atom. The molecule has 1 saturated carbocycles. The van der Waals surface area contributed by atoms with Gasteiger partial charge >= 0.3 is 0 Å². The first kappa shape index (κ1) is 10.5. The van der Waals surface area contributed by atoms with E-state index in [-0.39, 0.29) is 0 Å². The topological polar surface area (TPSA) is 21.3 Å². The molecule has 0 amide bonds. The van der Waals surface area contributed by atoms with Gasteiger partial charge in [0.2, 0.25) is 0 Å². The van der Waals surface area contributed by atoms with Crippen molar-refractivity contribution >= 4 is 0 Å². The summed E-state index contributed by atoms with van der Waals surface area (Å²) in [5.41, 5.74) is 1.40. The fourth-order valence-corrected chi connectivity index (χ4v) is 1.58. The number of ether oxygens (including phenoxy) is 1. The highest BCUT2D eigenvalue weighted by atomic mass is 16.5. The molecule has 1 aromatic rings. The summed E-state index contributed by atoms with van der Waals surface area (Å²) in [7, 11) is 1.99. The maximum atomic E-state index is 5.69. The molecule has 0 saturated heterocycles. The van der Waals surface area contributed by atoms with Gasteiger partial charge in [0.05, 0.1) is 6.10 Å². The van der Waals surface area contributed by atoms with Crippen LogP contribution in [0.4, 0.5) is 0 Å². The zero-order valence-corrected chi connectivity index (χ0v) is 9.33. The lowest BCUT2D eigenvalue weighted by atomic mass is 10.1. The molecule has 82 valence electrons. The van der Waals surface area contributed by atoms with Gasteiger partial charge < -0.3 is 10.1 Å². The summed E-state index contributed by atoms with van der Waals surface area (Å²) in [6, 6.07) is 8.53. The Morgan fingerprint density at radius 1 is 1.27 bits per heavy atom. The minimum atomic E-state index is 0.500. The van der Waals surface area contributed by atoms with Crippen molar-refractivity contribution in [3.63, 3.8) is 0 Å². The van der Waals surface area contributed by atoms with Gasteiger partial charge in [-0.1, -0.05) is 12.1 Å². The number of nitrogens with one attached hydrogen (secondary N) is 1. The van der Waals surface area contributed by atoms with E-state index >= 15 is 0 Å². The second kappa shape index (κ2) is 5.17. The quantitative estimate of drug-likeness (QED) is 0.720. The maximum absolute atomic E-state index is 5.69. The largest absolute Gasteiger partial charge is 0.490 e. The maximum Gasteiger partial charge on any atom is 0.119 e. The van der Waals surface area contributed by atoms with E-state index in [0.717, 1.165) is 18.7 Å². The number of hydrogen-bond donors (Lipinski definition) is 1. The lowest BCUT2D eigenvalue weighted by molar-refractivity contribution is 0.303. The van der Waals surface area contributed by atoms with E-state index in [1.807, 2.05) is 7.05 Å². The molecular weight excluding hydrogens is 186 g/mol. The fourth-order valence-electron chi connectivity index (χ4n) is 1.58. The molecule has 0 spiro atoms. The van der Waals surface area contributed by atoms with Gasteiger partial charge in [0.25, 0.3) is 0 Å². The molecular formula is C13H19NO. The van der Waals surface area contributed by atoms with Crippen molar-refractivity contribution in [2.24, 2.45) is 0 Å². The Labute approximate surface area is 91.6 Å². The van der Waals surface area contributed by atoms with Gasteiger partial charge in [-0.05, 0) is 57.0 Å². The zero-order valence-electron chi connectivity index (χ0n) is 9.33. The van der Waals surface area contributed by atoms with E-state index < -0.39 is 0 Å². The van der Waals surface area contributed by atoms with Crippen LogP contribution < -0.4 is 10.1 Å². The lowest BCUT2D eigenvalue weighted by Gasteiger charge is -2.05. The standard InChI is InChI=1S/C13H19NO/c1-14-10-2-3-11-4-6-12(7-5-11)15-13-8-9-13/h4-7,13-14H,2-3,8-10H2,1H3. The summed E-state index contributed by atoms with van der Waals surface area (Å²) in [6.45, 7) is 1.08. The second-order valence-electron chi connectivity index (χ2n) is 4.17. The average Bonchev–Trinajstić information content (AvgIpc) is 3.05. The Balaban J connectivity index is 1.80. The summed E-state index contributed by atoms with van der Waals surface area (Å²) in [5, 5.41) is 3.16. The SMILES string of the molecule is CNCCCc1ccc(OC2CC2)cc1. The van der Waals surface area contributed by atoms with E-state index in [2.05, 4.69) is 29.6 Å². The summed E-state index contributed by atoms with van der Waals surface area (Å²) in [4.78, 5) is 0. The first-order valence-corrected chi connectivity index (χ1v) is 5.78. The van der Waals surface area contributed by atoms with Crippen LogP contribution >= 0.6 is 0 Å². The Bertz CT molecular complexity index is 290. The van der Waals surface area contributed by atoms with Crippen LogP contribution in [0.25, 0.3) is 0 Å². The van der Waals surface area contributed by atoms with E-state index in [1.54, 1.807) is 0 Å². The molecule has 1 aromatic carbocycles. The van der Waals surface area contributed by atoms with Crippen LogP contribution in [0, 0.1) is 0 Å². The Morgan fingerprint density at radius 2 is 2.00 bits per heavy atom. The van der Waals surface area contributed by atoms with Crippen LogP contribution in [0.5, 0.6) is 5.75 Å². The van der Waals surface area contributed by atoms with Crippen LogP contribution in [-0.4, -0.2) is 19.7 Å². The van der Waals surface area contributed by atoms with Crippen LogP contribution in [0.2, 0.25) is 0 Å². The molecule has 0 heterocycles. The van der Waals surface area contributed by atoms with Crippen LogP contribution in [-0.2, 0) is 6.42 Å². The lowest BCUT2D eigenvalue weighted by Crippen LogP contribution is -2.08. The molecule has 2 rings (SSSR count). The third-order valence-corrected chi connectivity index (χ3v) is 2.64. The molecule has 0 bridgehead atoms. The third kappa shape index (κ3) is 3.56. The molecule has 1 aliphatic carbocycles. The molecule has 2 heteroatoms. The third-order valence-electron chi connectivity index (χ3n) is 2.64. The van der Waals surface area contributed by atoms with Crippen LogP contribution in [0.15, 0.2) is 24.3 Å². The summed E-state index contributed by atoms with van der Waals surface area (Å²) >= 11 is 0. The van der Waals surface area contributed by atoms with Crippen LogP contribution in [0.1, 0.15) is 24.8 Å². The number of rotatable bonds is 6. The van der Waals surface area contributed by atoms with E-state index in [9.17, 15) is 0 Å². The molecule has 0 aliphatic heterocycles. The van der Waals surface area contributed by atoms with E-state index in [0.29, 0.717) is 6.10 Å². The number of aryl methyl sites for hydroxylation is 1. The van der Waals surface area contributed by atoms with Gasteiger partial charge in [-0.3, -0.25) is 0 Å². The zero-order chi connectivity index (χ0) is 10.5. The molecule has 1 N–H and O–H groups in total. The summed E-state index contributed by atoms with van der Waals surface area (Å²) in [5.74, 6) is 1.02. The van der Waals surface area contributed by atoms with E-state index in [4.69, 9.17) is 4.74 Å². The monoisotopic (exact) mass is 205 g/mol. The van der Waals surface area contributed by atoms with Gasteiger partial charge in [0.1, 0.15) is 5.75 Å². The van der Waals surface area contributed by atoms with Crippen molar-refractivity contribution in [3.8, 4) is 5.75 Å². The molecule has 15 heavy (non-hydrogen) atoms. The molecule has 2 nitrogen and oxygen atoms in total. The average molecular weight is 205 g/mol. The fraction of sp³-hybridized carbons (Fsp3) is 0.538. The molecule has 1 fully saturated rings. The molecule has 0 aromatic heterocycles. The minimum Gasteiger partial charge on any atom is -0.490 e. The van der Waals surface area contributed by atoms with Crippen LogP contribution in [0.3, 0.4) is 0 Å².